The molecule has 82 heavy (non-hydrogen) atoms. The molecule has 0 atom stereocenters. The third-order valence-electron chi connectivity index (χ3n) is 16.5. The van der Waals surface area contributed by atoms with E-state index < -0.39 is 0 Å². The minimum atomic E-state index is 0.568. The van der Waals surface area contributed by atoms with E-state index in [0.29, 0.717) is 17.5 Å². The Labute approximate surface area is 470 Å². The number of para-hydroxylation sites is 6. The van der Waals surface area contributed by atoms with Gasteiger partial charge in [-0.05, 0) is 97.1 Å². The molecule has 0 aliphatic carbocycles. The predicted octanol–water partition coefficient (Wildman–Crippen LogP) is 18.3. The van der Waals surface area contributed by atoms with E-state index in [0.717, 1.165) is 94.2 Å². The third kappa shape index (κ3) is 6.98. The van der Waals surface area contributed by atoms with E-state index in [1.165, 1.54) is 43.6 Å². The molecule has 6 aromatic heterocycles. The first-order chi connectivity index (χ1) is 40.7. The minimum absolute atomic E-state index is 0.568. The van der Waals surface area contributed by atoms with E-state index in [1.807, 2.05) is 48.8 Å². The molecule has 8 heteroatoms. The smallest absolute Gasteiger partial charge is 0.164 e. The Balaban J connectivity index is 0.922. The van der Waals surface area contributed by atoms with Crippen LogP contribution in [0.15, 0.2) is 279 Å². The van der Waals surface area contributed by atoms with Crippen LogP contribution in [0.3, 0.4) is 0 Å². The van der Waals surface area contributed by atoms with E-state index in [9.17, 15) is 0 Å². The number of nitrogens with zero attached hydrogens (tertiary/aromatic N) is 8. The Kier molecular flexibility index (Phi) is 10.1. The zero-order chi connectivity index (χ0) is 53.8. The van der Waals surface area contributed by atoms with Gasteiger partial charge in [0.25, 0.3) is 0 Å². The highest BCUT2D eigenvalue weighted by molar-refractivity contribution is 6.15. The van der Waals surface area contributed by atoms with Gasteiger partial charge in [-0.2, -0.15) is 0 Å². The van der Waals surface area contributed by atoms with Crippen LogP contribution in [0, 0.1) is 0 Å². The summed E-state index contributed by atoms with van der Waals surface area (Å²) in [6, 6.07) is 95.4. The van der Waals surface area contributed by atoms with Gasteiger partial charge in [0, 0.05) is 94.7 Å². The summed E-state index contributed by atoms with van der Waals surface area (Å²) in [6.07, 6.45) is 3.94. The minimum Gasteiger partial charge on any atom is -0.309 e. The molecule has 0 amide bonds. The number of aromatic nitrogens is 8. The van der Waals surface area contributed by atoms with Crippen molar-refractivity contribution in [3.8, 4) is 68.0 Å². The summed E-state index contributed by atoms with van der Waals surface area (Å²) in [5.74, 6) is 1.77. The molecule has 8 nitrogen and oxygen atoms in total. The van der Waals surface area contributed by atoms with Gasteiger partial charge in [-0.3, -0.25) is 4.98 Å². The second-order valence-corrected chi connectivity index (χ2v) is 21.0. The molecule has 0 saturated carbocycles. The van der Waals surface area contributed by atoms with Gasteiger partial charge in [-0.1, -0.05) is 170 Å². The van der Waals surface area contributed by atoms with Gasteiger partial charge in [-0.15, -0.1) is 0 Å². The standard InChI is InChI=1S/C74H46N8/c1-3-19-47(20-4-1)72-76-73(48-21-5-2-6-22-48)78-74(77-72)49-35-38-68(81-66-33-17-11-27-56(66)59-44-50(36-39-69(59)81)79-62-29-13-7-23-52(62)53-24-8-14-30-63(53)79)58(43-49)61-46-75-42-41-71(61)82-67-34-18-12-28-57(67)60-45-51(37-40-70(60)82)80-64-31-15-9-25-54(64)55-26-10-16-32-65(55)80/h1-46H. The third-order valence-corrected chi connectivity index (χ3v) is 16.5. The van der Waals surface area contributed by atoms with E-state index in [-0.39, 0.29) is 0 Å². The highest BCUT2D eigenvalue weighted by Crippen LogP contribution is 2.44. The monoisotopic (exact) mass is 1050 g/mol. The highest BCUT2D eigenvalue weighted by Gasteiger charge is 2.24. The van der Waals surface area contributed by atoms with Crippen molar-refractivity contribution in [3.05, 3.63) is 279 Å². The van der Waals surface area contributed by atoms with Crippen molar-refractivity contribution in [1.82, 2.24) is 38.2 Å². The lowest BCUT2D eigenvalue weighted by Crippen LogP contribution is -2.04. The molecule has 0 aliphatic rings. The summed E-state index contributed by atoms with van der Waals surface area (Å²) in [6.45, 7) is 0. The molecular formula is C74H46N8. The summed E-state index contributed by atoms with van der Waals surface area (Å²) in [5.41, 5.74) is 17.8. The molecule has 0 aliphatic heterocycles. The largest absolute Gasteiger partial charge is 0.309 e. The van der Waals surface area contributed by atoms with Crippen LogP contribution in [-0.4, -0.2) is 38.2 Å². The Hall–Kier alpha value is -11.2. The van der Waals surface area contributed by atoms with Gasteiger partial charge in [0.15, 0.2) is 17.5 Å². The summed E-state index contributed by atoms with van der Waals surface area (Å²) in [4.78, 5) is 20.6. The first kappa shape index (κ1) is 45.8. The Morgan fingerprint density at radius 1 is 0.232 bits per heavy atom. The average molecular weight is 1050 g/mol. The summed E-state index contributed by atoms with van der Waals surface area (Å²) < 4.78 is 9.65. The molecule has 17 aromatic rings. The fourth-order valence-electron chi connectivity index (χ4n) is 12.9. The lowest BCUT2D eigenvalue weighted by Gasteiger charge is -2.19. The maximum Gasteiger partial charge on any atom is 0.164 e. The van der Waals surface area contributed by atoms with Gasteiger partial charge in [0.2, 0.25) is 0 Å². The van der Waals surface area contributed by atoms with Crippen molar-refractivity contribution >= 4 is 87.2 Å². The van der Waals surface area contributed by atoms with Crippen molar-refractivity contribution in [3.63, 3.8) is 0 Å². The van der Waals surface area contributed by atoms with Crippen LogP contribution in [-0.2, 0) is 0 Å². The van der Waals surface area contributed by atoms with Gasteiger partial charge in [0.05, 0.1) is 55.5 Å². The Morgan fingerprint density at radius 3 is 1.00 bits per heavy atom. The van der Waals surface area contributed by atoms with Gasteiger partial charge < -0.3 is 18.3 Å². The molecular weight excluding hydrogens is 1000 g/mol. The average Bonchev–Trinajstić information content (AvgIpc) is 4.42. The normalized spacial score (nSPS) is 11.9. The summed E-state index contributed by atoms with van der Waals surface area (Å²) >= 11 is 0. The maximum absolute atomic E-state index is 5.27. The van der Waals surface area contributed by atoms with Crippen LogP contribution in [0.5, 0.6) is 0 Å². The van der Waals surface area contributed by atoms with Crippen molar-refractivity contribution in [1.29, 1.82) is 0 Å². The fourth-order valence-corrected chi connectivity index (χ4v) is 12.9. The Morgan fingerprint density at radius 2 is 0.573 bits per heavy atom. The predicted molar refractivity (Wildman–Crippen MR) is 337 cm³/mol. The lowest BCUT2D eigenvalue weighted by atomic mass is 9.99. The van der Waals surface area contributed by atoms with Crippen molar-refractivity contribution < 1.29 is 0 Å². The van der Waals surface area contributed by atoms with Gasteiger partial charge in [0.1, 0.15) is 0 Å². The number of hydrogen-bond acceptors (Lipinski definition) is 4. The second-order valence-electron chi connectivity index (χ2n) is 21.0. The molecule has 0 N–H and O–H groups in total. The van der Waals surface area contributed by atoms with Gasteiger partial charge in [-0.25, -0.2) is 15.0 Å². The van der Waals surface area contributed by atoms with E-state index >= 15 is 0 Å². The number of pyridine rings is 1. The zero-order valence-electron chi connectivity index (χ0n) is 44.1. The topological polar surface area (TPSA) is 71.3 Å². The summed E-state index contributed by atoms with van der Waals surface area (Å²) in [5, 5.41) is 9.54. The summed E-state index contributed by atoms with van der Waals surface area (Å²) in [7, 11) is 0. The van der Waals surface area contributed by atoms with Crippen LogP contribution in [0.4, 0.5) is 0 Å². The molecule has 382 valence electrons. The van der Waals surface area contributed by atoms with Crippen LogP contribution in [0.2, 0.25) is 0 Å². The van der Waals surface area contributed by atoms with Crippen LogP contribution < -0.4 is 0 Å². The second kappa shape index (κ2) is 18.2. The van der Waals surface area contributed by atoms with Crippen molar-refractivity contribution in [2.24, 2.45) is 0 Å². The Bertz CT molecular complexity index is 5250. The molecule has 17 rings (SSSR count). The lowest BCUT2D eigenvalue weighted by molar-refractivity contribution is 1.07. The van der Waals surface area contributed by atoms with Crippen LogP contribution in [0.1, 0.15) is 0 Å². The molecule has 0 unspecified atom stereocenters. The quantitative estimate of drug-likeness (QED) is 0.152. The van der Waals surface area contributed by atoms with Gasteiger partial charge >= 0.3 is 0 Å². The fraction of sp³-hybridized carbons (Fsp3) is 0. The van der Waals surface area contributed by atoms with Crippen molar-refractivity contribution in [2.75, 3.05) is 0 Å². The molecule has 11 aromatic carbocycles. The molecule has 0 bridgehead atoms. The van der Waals surface area contributed by atoms with E-state index in [4.69, 9.17) is 19.9 Å². The number of benzene rings is 11. The molecule has 6 heterocycles. The number of hydrogen-bond donors (Lipinski definition) is 0. The SMILES string of the molecule is c1ccc(-c2nc(-c3ccccc3)nc(-c3ccc(-n4c5ccccc5c5cc(-n6c7ccccc7c7ccccc76)ccc54)c(-c4cnccc4-n4c5ccccc5c5cc(-n6c7ccccc7c7ccccc76)ccc54)c3)n2)cc1. The molecule has 0 saturated heterocycles. The first-order valence-corrected chi connectivity index (χ1v) is 27.7. The zero-order valence-corrected chi connectivity index (χ0v) is 44.1. The highest BCUT2D eigenvalue weighted by atomic mass is 15.0. The maximum atomic E-state index is 5.27. The molecule has 0 radical (unpaired) electrons. The first-order valence-electron chi connectivity index (χ1n) is 27.7. The van der Waals surface area contributed by atoms with Crippen molar-refractivity contribution in [2.45, 2.75) is 0 Å². The number of fused-ring (bicyclic) bond motifs is 12. The number of rotatable bonds is 8. The molecule has 0 spiro atoms. The van der Waals surface area contributed by atoms with Crippen LogP contribution in [0.25, 0.3) is 155 Å². The van der Waals surface area contributed by atoms with E-state index in [1.54, 1.807) is 0 Å². The van der Waals surface area contributed by atoms with Crippen LogP contribution >= 0.6 is 0 Å². The van der Waals surface area contributed by atoms with E-state index in [2.05, 4.69) is 249 Å². The molecule has 0 fully saturated rings.